The number of nitrogens with zero attached hydrogens (tertiary/aromatic N) is 1. The molecule has 0 atom stereocenters. The maximum atomic E-state index is 12.6. The highest BCUT2D eigenvalue weighted by Gasteiger charge is 2.20. The minimum absolute atomic E-state index is 0.0439. The largest absolute Gasteiger partial charge is 0.487 e. The van der Waals surface area contributed by atoms with E-state index in [0.29, 0.717) is 11.4 Å². The number of rotatable bonds is 3. The molecular formula is C11H10FNO3S. The first-order valence-corrected chi connectivity index (χ1v) is 6.41. The standard InChI is InChI=1S/C11H10FNO3S/c1-8-13-10(7-17(8,14)15)6-16-11-4-2-9(12)3-5-11/h2-5,7H,6H2,1H3. The molecule has 1 aromatic rings. The monoisotopic (exact) mass is 255 g/mol. The van der Waals surface area contributed by atoms with Gasteiger partial charge in [0.25, 0.3) is 0 Å². The summed E-state index contributed by atoms with van der Waals surface area (Å²) in [6.07, 6.45) is 0. The van der Waals surface area contributed by atoms with Crippen LogP contribution < -0.4 is 4.74 Å². The lowest BCUT2D eigenvalue weighted by molar-refractivity contribution is 0.350. The van der Waals surface area contributed by atoms with Crippen molar-refractivity contribution >= 4 is 14.9 Å². The minimum atomic E-state index is -3.34. The fourth-order valence-corrected chi connectivity index (χ4v) is 2.20. The molecule has 1 aliphatic heterocycles. The van der Waals surface area contributed by atoms with Gasteiger partial charge in [-0.15, -0.1) is 0 Å². The quantitative estimate of drug-likeness (QED) is 0.828. The van der Waals surface area contributed by atoms with Crippen molar-refractivity contribution in [3.05, 3.63) is 41.2 Å². The van der Waals surface area contributed by atoms with Crippen molar-refractivity contribution in [2.45, 2.75) is 6.92 Å². The first kappa shape index (κ1) is 11.8. The van der Waals surface area contributed by atoms with Crippen LogP contribution in [0.1, 0.15) is 6.92 Å². The second kappa shape index (κ2) is 4.29. The van der Waals surface area contributed by atoms with Crippen molar-refractivity contribution in [3.8, 4) is 5.75 Å². The topological polar surface area (TPSA) is 55.7 Å². The zero-order chi connectivity index (χ0) is 12.5. The Bertz CT molecular complexity index is 588. The molecule has 0 saturated heterocycles. The van der Waals surface area contributed by atoms with Gasteiger partial charge in [0.1, 0.15) is 23.2 Å². The molecule has 1 heterocycles. The second-order valence-corrected chi connectivity index (χ2v) is 5.44. The van der Waals surface area contributed by atoms with Crippen LogP contribution in [0.2, 0.25) is 0 Å². The van der Waals surface area contributed by atoms with E-state index in [2.05, 4.69) is 4.99 Å². The average Bonchev–Trinajstić information content (AvgIpc) is 2.52. The van der Waals surface area contributed by atoms with Crippen molar-refractivity contribution in [1.29, 1.82) is 0 Å². The van der Waals surface area contributed by atoms with Gasteiger partial charge in [0.15, 0.2) is 0 Å². The Morgan fingerprint density at radius 1 is 1.29 bits per heavy atom. The Balaban J connectivity index is 2.03. The molecule has 0 amide bonds. The van der Waals surface area contributed by atoms with E-state index in [0.717, 1.165) is 5.41 Å². The van der Waals surface area contributed by atoms with E-state index in [9.17, 15) is 12.8 Å². The molecule has 0 aromatic heterocycles. The number of benzene rings is 1. The Morgan fingerprint density at radius 2 is 1.94 bits per heavy atom. The van der Waals surface area contributed by atoms with Gasteiger partial charge in [0, 0.05) is 0 Å². The number of sulfone groups is 1. The SMILES string of the molecule is CC1=NC(COc2ccc(F)cc2)=CS1(=O)=O. The molecule has 0 spiro atoms. The summed E-state index contributed by atoms with van der Waals surface area (Å²) in [4.78, 5) is 3.86. The third-order valence-electron chi connectivity index (χ3n) is 2.20. The normalized spacial score (nSPS) is 17.5. The third-order valence-corrected chi connectivity index (χ3v) is 3.70. The lowest BCUT2D eigenvalue weighted by atomic mass is 10.3. The van der Waals surface area contributed by atoms with Gasteiger partial charge in [-0.1, -0.05) is 0 Å². The maximum Gasteiger partial charge on any atom is 0.214 e. The highest BCUT2D eigenvalue weighted by Crippen LogP contribution is 2.17. The Morgan fingerprint density at radius 3 is 2.47 bits per heavy atom. The highest BCUT2D eigenvalue weighted by molar-refractivity contribution is 8.09. The molecule has 0 bridgehead atoms. The summed E-state index contributed by atoms with van der Waals surface area (Å²) < 4.78 is 40.5. The first-order chi connectivity index (χ1) is 7.97. The molecule has 0 fully saturated rings. The lowest BCUT2D eigenvalue weighted by Crippen LogP contribution is -2.01. The van der Waals surface area contributed by atoms with Crippen LogP contribution in [0.3, 0.4) is 0 Å². The molecule has 0 unspecified atom stereocenters. The van der Waals surface area contributed by atoms with Crippen molar-refractivity contribution in [2.75, 3.05) is 6.61 Å². The predicted molar refractivity (Wildman–Crippen MR) is 62.0 cm³/mol. The summed E-state index contributed by atoms with van der Waals surface area (Å²) >= 11 is 0. The van der Waals surface area contributed by atoms with E-state index in [4.69, 9.17) is 4.74 Å². The summed E-state index contributed by atoms with van der Waals surface area (Å²) in [6, 6.07) is 5.47. The zero-order valence-electron chi connectivity index (χ0n) is 9.05. The molecule has 4 nitrogen and oxygen atoms in total. The van der Waals surface area contributed by atoms with Crippen LogP contribution in [-0.4, -0.2) is 20.1 Å². The van der Waals surface area contributed by atoms with Crippen LogP contribution in [0.5, 0.6) is 5.75 Å². The van der Waals surface area contributed by atoms with Crippen molar-refractivity contribution in [1.82, 2.24) is 0 Å². The number of hydrogen-bond acceptors (Lipinski definition) is 4. The summed E-state index contributed by atoms with van der Waals surface area (Å²) in [6.45, 7) is 1.47. The van der Waals surface area contributed by atoms with Gasteiger partial charge in [0.05, 0.1) is 11.1 Å². The lowest BCUT2D eigenvalue weighted by Gasteiger charge is -2.04. The van der Waals surface area contributed by atoms with Crippen LogP contribution in [0, 0.1) is 5.82 Å². The summed E-state index contributed by atoms with van der Waals surface area (Å²) in [5.74, 6) is 0.110. The maximum absolute atomic E-state index is 12.6. The van der Waals surface area contributed by atoms with Crippen molar-refractivity contribution in [2.24, 2.45) is 4.99 Å². The van der Waals surface area contributed by atoms with E-state index in [1.165, 1.54) is 31.2 Å². The average molecular weight is 255 g/mol. The zero-order valence-corrected chi connectivity index (χ0v) is 9.87. The molecule has 0 saturated carbocycles. The van der Waals surface area contributed by atoms with Gasteiger partial charge in [-0.05, 0) is 31.2 Å². The van der Waals surface area contributed by atoms with E-state index >= 15 is 0 Å². The molecule has 1 aromatic carbocycles. The molecule has 0 aliphatic carbocycles. The Hall–Kier alpha value is -1.69. The van der Waals surface area contributed by atoms with Crippen LogP contribution in [-0.2, 0) is 9.84 Å². The molecule has 1 aliphatic rings. The van der Waals surface area contributed by atoms with E-state index in [-0.39, 0.29) is 17.5 Å². The van der Waals surface area contributed by atoms with Crippen LogP contribution in [0.15, 0.2) is 40.4 Å². The van der Waals surface area contributed by atoms with Crippen LogP contribution in [0.4, 0.5) is 4.39 Å². The number of aliphatic imine (C=N–C) groups is 1. The van der Waals surface area contributed by atoms with Crippen LogP contribution >= 0.6 is 0 Å². The van der Waals surface area contributed by atoms with Gasteiger partial charge >= 0.3 is 0 Å². The van der Waals surface area contributed by atoms with E-state index in [1.807, 2.05) is 0 Å². The smallest absolute Gasteiger partial charge is 0.214 e. The number of hydrogen-bond donors (Lipinski definition) is 0. The Kier molecular flexibility index (Phi) is 2.97. The first-order valence-electron chi connectivity index (χ1n) is 4.87. The number of ether oxygens (including phenoxy) is 1. The third kappa shape index (κ3) is 2.71. The molecule has 6 heteroatoms. The number of halogens is 1. The minimum Gasteiger partial charge on any atom is -0.487 e. The highest BCUT2D eigenvalue weighted by atomic mass is 32.2. The van der Waals surface area contributed by atoms with Gasteiger partial charge in [-0.25, -0.2) is 17.8 Å². The van der Waals surface area contributed by atoms with Crippen molar-refractivity contribution < 1.29 is 17.5 Å². The summed E-state index contributed by atoms with van der Waals surface area (Å²) in [7, 11) is -3.34. The fourth-order valence-electron chi connectivity index (χ4n) is 1.31. The molecule has 0 N–H and O–H groups in total. The van der Waals surface area contributed by atoms with E-state index < -0.39 is 9.84 Å². The molecule has 0 radical (unpaired) electrons. The molecule has 2 rings (SSSR count). The summed E-state index contributed by atoms with van der Waals surface area (Å²) in [5.41, 5.74) is 0.340. The van der Waals surface area contributed by atoms with Crippen LogP contribution in [0.25, 0.3) is 0 Å². The molecular weight excluding hydrogens is 245 g/mol. The second-order valence-electron chi connectivity index (χ2n) is 3.53. The van der Waals surface area contributed by atoms with Gasteiger partial charge in [0.2, 0.25) is 9.84 Å². The summed E-state index contributed by atoms with van der Waals surface area (Å²) in [5, 5.41) is 1.14. The fraction of sp³-hybridized carbons (Fsp3) is 0.182. The van der Waals surface area contributed by atoms with E-state index in [1.54, 1.807) is 0 Å². The Labute approximate surface area is 98.4 Å². The van der Waals surface area contributed by atoms with Gasteiger partial charge in [-0.2, -0.15) is 0 Å². The van der Waals surface area contributed by atoms with Gasteiger partial charge in [-0.3, -0.25) is 0 Å². The molecule has 90 valence electrons. The van der Waals surface area contributed by atoms with Crippen molar-refractivity contribution in [3.63, 3.8) is 0 Å². The van der Waals surface area contributed by atoms with Gasteiger partial charge < -0.3 is 4.74 Å². The predicted octanol–water partition coefficient (Wildman–Crippen LogP) is 1.89. The molecule has 17 heavy (non-hydrogen) atoms.